The van der Waals surface area contributed by atoms with Gasteiger partial charge < -0.3 is 20.7 Å². The van der Waals surface area contributed by atoms with Gasteiger partial charge in [-0.1, -0.05) is 5.57 Å². The zero-order chi connectivity index (χ0) is 22.5. The van der Waals surface area contributed by atoms with E-state index in [-0.39, 0.29) is 35.6 Å². The fourth-order valence-electron chi connectivity index (χ4n) is 4.62. The molecule has 3 aliphatic heterocycles. The van der Waals surface area contributed by atoms with Crippen LogP contribution < -0.4 is 20.7 Å². The van der Waals surface area contributed by atoms with E-state index >= 15 is 0 Å². The maximum Gasteiger partial charge on any atom is 0.404 e. The van der Waals surface area contributed by atoms with Crippen LogP contribution in [0, 0.1) is 17.6 Å². The minimum absolute atomic E-state index is 0.0118. The second-order valence-electron chi connectivity index (χ2n) is 7.94. The number of ether oxygens (including phenoxy) is 1. The maximum atomic E-state index is 14.1. The monoisotopic (exact) mass is 445 g/mol. The first-order valence-corrected chi connectivity index (χ1v) is 9.78. The number of rotatable bonds is 3. The number of piperidine rings is 1. The molecular weight excluding hydrogens is 425 g/mol. The van der Waals surface area contributed by atoms with Crippen LogP contribution in [0.15, 0.2) is 23.3 Å². The van der Waals surface area contributed by atoms with Crippen LogP contribution in [0.5, 0.6) is 5.75 Å². The van der Waals surface area contributed by atoms with Gasteiger partial charge in [0.2, 0.25) is 11.8 Å². The lowest BCUT2D eigenvalue weighted by Gasteiger charge is -2.44. The Morgan fingerprint density at radius 3 is 2.74 bits per heavy atom. The van der Waals surface area contributed by atoms with Gasteiger partial charge in [-0.25, -0.2) is 8.78 Å². The van der Waals surface area contributed by atoms with Crippen molar-refractivity contribution in [3.05, 3.63) is 40.5 Å². The highest BCUT2D eigenvalue weighted by Crippen LogP contribution is 2.39. The molecule has 0 radical (unpaired) electrons. The lowest BCUT2D eigenvalue weighted by Crippen LogP contribution is -2.62. The molecule has 1 aromatic carbocycles. The third-order valence-electron chi connectivity index (χ3n) is 6.01. The first kappa shape index (κ1) is 21.5. The predicted octanol–water partition coefficient (Wildman–Crippen LogP) is 2.26. The Bertz CT molecular complexity index is 962. The van der Waals surface area contributed by atoms with Gasteiger partial charge in [-0.05, 0) is 19.9 Å². The van der Waals surface area contributed by atoms with Crippen LogP contribution in [0.4, 0.5) is 22.0 Å². The summed E-state index contributed by atoms with van der Waals surface area (Å²) in [4.78, 5) is 25.1. The number of halogens is 5. The molecule has 1 saturated heterocycles. The largest absolute Gasteiger partial charge is 0.490 e. The van der Waals surface area contributed by atoms with Gasteiger partial charge in [-0.2, -0.15) is 13.2 Å². The third kappa shape index (κ3) is 3.98. The number of hydrogen-bond acceptors (Lipinski definition) is 4. The Labute approximate surface area is 174 Å². The fraction of sp³-hybridized carbons (Fsp3) is 0.500. The summed E-state index contributed by atoms with van der Waals surface area (Å²) in [5.41, 5.74) is 0.146. The highest BCUT2D eigenvalue weighted by Gasteiger charge is 2.52. The second-order valence-corrected chi connectivity index (χ2v) is 7.94. The predicted molar refractivity (Wildman–Crippen MR) is 97.9 cm³/mol. The van der Waals surface area contributed by atoms with Gasteiger partial charge in [-0.3, -0.25) is 9.59 Å². The van der Waals surface area contributed by atoms with Crippen molar-refractivity contribution in [1.29, 1.82) is 0 Å². The molecule has 3 heterocycles. The molecule has 0 saturated carbocycles. The Hall–Kier alpha value is -2.69. The van der Waals surface area contributed by atoms with Crippen LogP contribution in [0.2, 0.25) is 0 Å². The van der Waals surface area contributed by atoms with Gasteiger partial charge in [0.15, 0.2) is 0 Å². The van der Waals surface area contributed by atoms with Crippen LogP contribution in [-0.2, 0) is 9.59 Å². The van der Waals surface area contributed by atoms with Crippen LogP contribution in [-0.4, -0.2) is 43.2 Å². The minimum Gasteiger partial charge on any atom is -0.490 e. The number of amides is 2. The van der Waals surface area contributed by atoms with E-state index in [1.165, 1.54) is 6.92 Å². The molecule has 3 N–H and O–H groups in total. The fourth-order valence-corrected chi connectivity index (χ4v) is 4.62. The molecule has 0 aliphatic carbocycles. The molecule has 6 nitrogen and oxygen atoms in total. The van der Waals surface area contributed by atoms with Crippen molar-refractivity contribution in [3.8, 4) is 5.75 Å². The minimum atomic E-state index is -4.52. The topological polar surface area (TPSA) is 79.5 Å². The highest BCUT2D eigenvalue weighted by atomic mass is 19.4. The van der Waals surface area contributed by atoms with Crippen LogP contribution >= 0.6 is 0 Å². The van der Waals surface area contributed by atoms with Crippen LogP contribution in [0.1, 0.15) is 31.4 Å². The molecule has 0 spiro atoms. The molecule has 3 unspecified atom stereocenters. The molecule has 3 aliphatic rings. The van der Waals surface area contributed by atoms with E-state index in [0.29, 0.717) is 12.5 Å². The molecule has 168 valence electrons. The van der Waals surface area contributed by atoms with Gasteiger partial charge in [0.25, 0.3) is 0 Å². The smallest absolute Gasteiger partial charge is 0.404 e. The van der Waals surface area contributed by atoms with Gasteiger partial charge in [-0.15, -0.1) is 0 Å². The van der Waals surface area contributed by atoms with Crippen molar-refractivity contribution in [2.75, 3.05) is 13.2 Å². The third-order valence-corrected chi connectivity index (χ3v) is 6.01. The average Bonchev–Trinajstić information content (AvgIpc) is 3.06. The summed E-state index contributed by atoms with van der Waals surface area (Å²) in [7, 11) is 0. The normalized spacial score (nSPS) is 27.9. The molecule has 0 bridgehead atoms. The molecular formula is C20H20F5N3O3. The van der Waals surface area contributed by atoms with E-state index in [2.05, 4.69) is 16.0 Å². The van der Waals surface area contributed by atoms with Gasteiger partial charge in [0.05, 0.1) is 18.0 Å². The zero-order valence-corrected chi connectivity index (χ0v) is 16.4. The number of benzene rings is 1. The summed E-state index contributed by atoms with van der Waals surface area (Å²) in [6.45, 7) is 1.42. The zero-order valence-electron chi connectivity index (χ0n) is 16.4. The standard InChI is InChI=1S/C20H20F5N3O3/c1-8-10(19(30)28-12-2-3-26-18(16(8)12)20(23,24)25)6-15(29)27-13-7-31-14-5-9(21)4-11(22)17(13)14/h4-5,12-13,16,18,26H,2-3,6-7H2,1H3,(H,27,29)(H,28,30)/t12?,13-,16?,18?/m0/s1. The Morgan fingerprint density at radius 2 is 2.03 bits per heavy atom. The number of fused-ring (bicyclic) bond motifs is 2. The average molecular weight is 445 g/mol. The summed E-state index contributed by atoms with van der Waals surface area (Å²) in [6.07, 6.45) is -4.65. The highest BCUT2D eigenvalue weighted by molar-refractivity contribution is 6.00. The second kappa shape index (κ2) is 7.77. The van der Waals surface area contributed by atoms with Crippen molar-refractivity contribution < 1.29 is 36.3 Å². The first-order valence-electron chi connectivity index (χ1n) is 9.78. The Kier molecular flexibility index (Phi) is 5.40. The van der Waals surface area contributed by atoms with E-state index < -0.39 is 60.1 Å². The van der Waals surface area contributed by atoms with E-state index in [1.54, 1.807) is 0 Å². The molecule has 0 aromatic heterocycles. The van der Waals surface area contributed by atoms with Gasteiger partial charge in [0.1, 0.15) is 30.0 Å². The van der Waals surface area contributed by atoms with Crippen molar-refractivity contribution in [3.63, 3.8) is 0 Å². The van der Waals surface area contributed by atoms with Gasteiger partial charge >= 0.3 is 6.18 Å². The van der Waals surface area contributed by atoms with Crippen molar-refractivity contribution in [2.45, 2.75) is 44.1 Å². The Balaban J connectivity index is 1.54. The lowest BCUT2D eigenvalue weighted by molar-refractivity contribution is -0.172. The summed E-state index contributed by atoms with van der Waals surface area (Å²) in [5, 5.41) is 7.56. The molecule has 1 fully saturated rings. The number of carbonyl (C=O) groups excluding carboxylic acids is 2. The summed E-state index contributed by atoms with van der Waals surface area (Å²) in [5.74, 6) is -4.03. The quantitative estimate of drug-likeness (QED) is 0.624. The van der Waals surface area contributed by atoms with E-state index in [0.717, 1.165) is 6.07 Å². The SMILES string of the molecule is CC1=C(CC(=O)N[C@H]2COc3cc(F)cc(F)c32)C(=O)NC2CCNC(C(F)(F)F)C12. The summed E-state index contributed by atoms with van der Waals surface area (Å²) >= 11 is 0. The molecule has 4 rings (SSSR count). The molecule has 1 aromatic rings. The molecule has 11 heteroatoms. The van der Waals surface area contributed by atoms with E-state index in [9.17, 15) is 31.5 Å². The number of alkyl halides is 3. The molecule has 4 atom stereocenters. The molecule has 31 heavy (non-hydrogen) atoms. The first-order chi connectivity index (χ1) is 14.6. The van der Waals surface area contributed by atoms with Crippen LogP contribution in [0.3, 0.4) is 0 Å². The maximum absolute atomic E-state index is 14.1. The summed E-state index contributed by atoms with van der Waals surface area (Å²) < 4.78 is 73.1. The molecule has 2 amide bonds. The van der Waals surface area contributed by atoms with Crippen molar-refractivity contribution in [2.24, 2.45) is 5.92 Å². The number of nitrogens with one attached hydrogen (secondary N) is 3. The van der Waals surface area contributed by atoms with E-state index in [4.69, 9.17) is 4.74 Å². The van der Waals surface area contributed by atoms with Gasteiger partial charge in [0, 0.05) is 29.7 Å². The Morgan fingerprint density at radius 1 is 1.29 bits per heavy atom. The number of carbonyl (C=O) groups is 2. The van der Waals surface area contributed by atoms with Crippen molar-refractivity contribution >= 4 is 11.8 Å². The van der Waals surface area contributed by atoms with Crippen molar-refractivity contribution in [1.82, 2.24) is 16.0 Å². The lowest BCUT2D eigenvalue weighted by atomic mass is 9.75. The summed E-state index contributed by atoms with van der Waals surface area (Å²) in [6, 6.07) is -1.74. The van der Waals surface area contributed by atoms with Crippen LogP contribution in [0.25, 0.3) is 0 Å². The number of hydrogen-bond donors (Lipinski definition) is 3. The van der Waals surface area contributed by atoms with E-state index in [1.807, 2.05) is 0 Å².